The van der Waals surface area contributed by atoms with Crippen LogP contribution in [0.3, 0.4) is 0 Å². The molecule has 3 rings (SSSR count). The zero-order valence-electron chi connectivity index (χ0n) is 13.6. The molecule has 0 radical (unpaired) electrons. The maximum absolute atomic E-state index is 11.8. The van der Waals surface area contributed by atoms with Gasteiger partial charge in [0.15, 0.2) is 0 Å². The molecule has 0 heterocycles. The third kappa shape index (κ3) is 3.73. The van der Waals surface area contributed by atoms with Crippen molar-refractivity contribution in [2.45, 2.75) is 32.8 Å². The van der Waals surface area contributed by atoms with Gasteiger partial charge in [0, 0.05) is 0 Å². The Balaban J connectivity index is 1.62. The van der Waals surface area contributed by atoms with Crippen LogP contribution in [0.2, 0.25) is 0 Å². The van der Waals surface area contributed by atoms with E-state index in [4.69, 9.17) is 9.47 Å². The highest BCUT2D eigenvalue weighted by Gasteiger charge is 2.45. The van der Waals surface area contributed by atoms with E-state index in [1.807, 2.05) is 31.2 Å². The minimum absolute atomic E-state index is 0.0322. The summed E-state index contributed by atoms with van der Waals surface area (Å²) in [6.45, 7) is 4.94. The molecule has 120 valence electrons. The summed E-state index contributed by atoms with van der Waals surface area (Å²) in [7, 11) is 0. The lowest BCUT2D eigenvalue weighted by Crippen LogP contribution is -2.07. The van der Waals surface area contributed by atoms with Crippen LogP contribution in [0.1, 0.15) is 36.0 Å². The molecule has 0 amide bonds. The second-order valence-corrected chi connectivity index (χ2v) is 5.99. The van der Waals surface area contributed by atoms with Crippen molar-refractivity contribution in [1.82, 2.24) is 0 Å². The predicted octanol–water partition coefficient (Wildman–Crippen LogP) is 4.24. The monoisotopic (exact) mass is 310 g/mol. The van der Waals surface area contributed by atoms with Gasteiger partial charge in [0.2, 0.25) is 0 Å². The van der Waals surface area contributed by atoms with Gasteiger partial charge in [-0.25, -0.2) is 0 Å². The SMILES string of the molecule is CCOC(=O)C1CC1c1ccc(OCc2ccccc2)cc1C. The lowest BCUT2D eigenvalue weighted by atomic mass is 10.0. The highest BCUT2D eigenvalue weighted by Crippen LogP contribution is 2.49. The van der Waals surface area contributed by atoms with E-state index in [0.29, 0.717) is 19.1 Å². The Kier molecular flexibility index (Phi) is 4.65. The topological polar surface area (TPSA) is 35.5 Å². The van der Waals surface area contributed by atoms with Crippen LogP contribution < -0.4 is 4.74 Å². The van der Waals surface area contributed by atoms with Crippen molar-refractivity contribution in [3.63, 3.8) is 0 Å². The fourth-order valence-electron chi connectivity index (χ4n) is 2.94. The van der Waals surface area contributed by atoms with Crippen LogP contribution in [0.4, 0.5) is 0 Å². The van der Waals surface area contributed by atoms with Crippen molar-refractivity contribution in [2.75, 3.05) is 6.61 Å². The number of ether oxygens (including phenoxy) is 2. The Hall–Kier alpha value is -2.29. The Bertz CT molecular complexity index is 679. The molecular formula is C20H22O3. The third-order valence-electron chi connectivity index (χ3n) is 4.27. The molecule has 2 aromatic carbocycles. The molecule has 0 aliphatic heterocycles. The number of aryl methyl sites for hydroxylation is 1. The van der Waals surface area contributed by atoms with E-state index in [-0.39, 0.29) is 11.9 Å². The Morgan fingerprint density at radius 1 is 1.17 bits per heavy atom. The Morgan fingerprint density at radius 3 is 2.65 bits per heavy atom. The first-order chi connectivity index (χ1) is 11.2. The van der Waals surface area contributed by atoms with Gasteiger partial charge in [0.05, 0.1) is 12.5 Å². The number of rotatable bonds is 6. The van der Waals surface area contributed by atoms with Crippen LogP contribution in [-0.2, 0) is 16.1 Å². The number of hydrogen-bond acceptors (Lipinski definition) is 3. The number of hydrogen-bond donors (Lipinski definition) is 0. The molecule has 1 aliphatic rings. The van der Waals surface area contributed by atoms with E-state index in [2.05, 4.69) is 31.2 Å². The highest BCUT2D eigenvalue weighted by atomic mass is 16.5. The van der Waals surface area contributed by atoms with E-state index in [1.165, 1.54) is 11.1 Å². The van der Waals surface area contributed by atoms with Crippen LogP contribution in [0.15, 0.2) is 48.5 Å². The first kappa shape index (κ1) is 15.6. The van der Waals surface area contributed by atoms with Crippen molar-refractivity contribution in [1.29, 1.82) is 0 Å². The minimum atomic E-state index is -0.0682. The molecule has 0 spiro atoms. The second-order valence-electron chi connectivity index (χ2n) is 5.99. The second kappa shape index (κ2) is 6.86. The quantitative estimate of drug-likeness (QED) is 0.749. The molecule has 2 atom stereocenters. The van der Waals surface area contributed by atoms with E-state index in [0.717, 1.165) is 17.7 Å². The van der Waals surface area contributed by atoms with Crippen molar-refractivity contribution in [3.05, 3.63) is 65.2 Å². The van der Waals surface area contributed by atoms with E-state index in [1.54, 1.807) is 0 Å². The zero-order valence-corrected chi connectivity index (χ0v) is 13.6. The molecule has 1 fully saturated rings. The van der Waals surface area contributed by atoms with E-state index < -0.39 is 0 Å². The third-order valence-corrected chi connectivity index (χ3v) is 4.27. The van der Waals surface area contributed by atoms with Gasteiger partial charge < -0.3 is 9.47 Å². The summed E-state index contributed by atoms with van der Waals surface area (Å²) in [6, 6.07) is 16.2. The molecule has 3 heteroatoms. The van der Waals surface area contributed by atoms with Gasteiger partial charge in [0.1, 0.15) is 12.4 Å². The maximum atomic E-state index is 11.8. The fraction of sp³-hybridized carbons (Fsp3) is 0.350. The maximum Gasteiger partial charge on any atom is 0.309 e. The highest BCUT2D eigenvalue weighted by molar-refractivity contribution is 5.77. The smallest absolute Gasteiger partial charge is 0.309 e. The summed E-state index contributed by atoms with van der Waals surface area (Å²) in [6.07, 6.45) is 0.893. The van der Waals surface area contributed by atoms with Crippen LogP contribution in [0.5, 0.6) is 5.75 Å². The van der Waals surface area contributed by atoms with Crippen LogP contribution in [0, 0.1) is 12.8 Å². The number of carbonyl (C=O) groups is 1. The van der Waals surface area contributed by atoms with Crippen LogP contribution in [-0.4, -0.2) is 12.6 Å². The van der Waals surface area contributed by atoms with Gasteiger partial charge in [-0.05, 0) is 55.0 Å². The number of carbonyl (C=O) groups excluding carboxylic acids is 1. The first-order valence-electron chi connectivity index (χ1n) is 8.13. The van der Waals surface area contributed by atoms with Crippen molar-refractivity contribution < 1.29 is 14.3 Å². The van der Waals surface area contributed by atoms with Gasteiger partial charge in [-0.2, -0.15) is 0 Å². The summed E-state index contributed by atoms with van der Waals surface area (Å²) in [4.78, 5) is 11.8. The summed E-state index contributed by atoms with van der Waals surface area (Å²) in [5, 5.41) is 0. The van der Waals surface area contributed by atoms with Gasteiger partial charge in [-0.1, -0.05) is 36.4 Å². The molecule has 3 nitrogen and oxygen atoms in total. The van der Waals surface area contributed by atoms with Crippen molar-refractivity contribution in [2.24, 2.45) is 5.92 Å². The molecular weight excluding hydrogens is 288 g/mol. The molecule has 1 aliphatic carbocycles. The van der Waals surface area contributed by atoms with Gasteiger partial charge in [-0.15, -0.1) is 0 Å². The average Bonchev–Trinajstić information content (AvgIpc) is 3.35. The van der Waals surface area contributed by atoms with E-state index >= 15 is 0 Å². The Morgan fingerprint density at radius 2 is 1.96 bits per heavy atom. The van der Waals surface area contributed by atoms with Crippen molar-refractivity contribution >= 4 is 5.97 Å². The van der Waals surface area contributed by atoms with Gasteiger partial charge >= 0.3 is 5.97 Å². The molecule has 0 bridgehead atoms. The fourth-order valence-corrected chi connectivity index (χ4v) is 2.94. The van der Waals surface area contributed by atoms with Crippen molar-refractivity contribution in [3.8, 4) is 5.75 Å². The lowest BCUT2D eigenvalue weighted by molar-refractivity contribution is -0.144. The summed E-state index contributed by atoms with van der Waals surface area (Å²) in [5.41, 5.74) is 3.56. The molecule has 0 N–H and O–H groups in total. The first-order valence-corrected chi connectivity index (χ1v) is 8.13. The van der Waals surface area contributed by atoms with Crippen LogP contribution >= 0.6 is 0 Å². The molecule has 23 heavy (non-hydrogen) atoms. The molecule has 2 unspecified atom stereocenters. The lowest BCUT2D eigenvalue weighted by Gasteiger charge is -2.10. The predicted molar refractivity (Wildman–Crippen MR) is 89.4 cm³/mol. The summed E-state index contributed by atoms with van der Waals surface area (Å²) >= 11 is 0. The van der Waals surface area contributed by atoms with Gasteiger partial charge in [0.25, 0.3) is 0 Å². The standard InChI is InChI=1S/C20H22O3/c1-3-22-20(21)19-12-18(19)17-10-9-16(11-14(17)2)23-13-15-7-5-4-6-8-15/h4-11,18-19H,3,12-13H2,1-2H3. The summed E-state index contributed by atoms with van der Waals surface area (Å²) < 4.78 is 11.0. The number of benzene rings is 2. The number of esters is 1. The van der Waals surface area contributed by atoms with E-state index in [9.17, 15) is 4.79 Å². The minimum Gasteiger partial charge on any atom is -0.489 e. The summed E-state index contributed by atoms with van der Waals surface area (Å²) in [5.74, 6) is 1.13. The average molecular weight is 310 g/mol. The largest absolute Gasteiger partial charge is 0.489 e. The zero-order chi connectivity index (χ0) is 16.2. The molecule has 0 aromatic heterocycles. The molecule has 1 saturated carbocycles. The van der Waals surface area contributed by atoms with Crippen LogP contribution in [0.25, 0.3) is 0 Å². The Labute approximate surface area is 137 Å². The van der Waals surface area contributed by atoms with Gasteiger partial charge in [-0.3, -0.25) is 4.79 Å². The molecule has 0 saturated heterocycles. The molecule has 2 aromatic rings. The normalized spacial score (nSPS) is 19.2.